The molecule has 0 aromatic rings. The molecule has 5 heteroatoms. The van der Waals surface area contributed by atoms with Gasteiger partial charge < -0.3 is 14.4 Å². The minimum absolute atomic E-state index is 0.241. The number of methoxy groups -OCH3 is 1. The second-order valence-corrected chi connectivity index (χ2v) is 4.17. The van der Waals surface area contributed by atoms with Gasteiger partial charge in [-0.1, -0.05) is 0 Å². The highest BCUT2D eigenvalue weighted by Crippen LogP contribution is 2.10. The number of rotatable bonds is 5. The zero-order chi connectivity index (χ0) is 12.8. The van der Waals surface area contributed by atoms with Crippen LogP contribution < -0.4 is 0 Å². The van der Waals surface area contributed by atoms with E-state index in [1.54, 1.807) is 0 Å². The molecule has 0 aromatic heterocycles. The van der Waals surface area contributed by atoms with E-state index < -0.39 is 11.9 Å². The minimum Gasteiger partial charge on any atom is -0.466 e. The molecule has 0 aliphatic rings. The molecule has 0 heterocycles. The maximum atomic E-state index is 11.2. The van der Waals surface area contributed by atoms with Crippen molar-refractivity contribution in [1.29, 1.82) is 0 Å². The predicted molar refractivity (Wildman–Crippen MR) is 59.9 cm³/mol. The molecule has 0 saturated carbocycles. The molecule has 0 rings (SSSR count). The largest absolute Gasteiger partial charge is 0.466 e. The lowest BCUT2D eigenvalue weighted by Crippen LogP contribution is -2.42. The van der Waals surface area contributed by atoms with Gasteiger partial charge >= 0.3 is 11.9 Å². The lowest BCUT2D eigenvalue weighted by Gasteiger charge is -2.31. The van der Waals surface area contributed by atoms with Crippen molar-refractivity contribution in [2.75, 3.05) is 27.8 Å². The summed E-state index contributed by atoms with van der Waals surface area (Å²) in [5.74, 6) is -1.14. The van der Waals surface area contributed by atoms with Crippen LogP contribution in [0.4, 0.5) is 0 Å². The number of carbonyl (C=O) groups excluding carboxylic acids is 2. The quantitative estimate of drug-likeness (QED) is 0.510. The maximum Gasteiger partial charge on any atom is 0.331 e. The minimum atomic E-state index is -0.580. The van der Waals surface area contributed by atoms with Gasteiger partial charge in [-0.05, 0) is 27.9 Å². The fourth-order valence-corrected chi connectivity index (χ4v) is 0.629. The molecule has 0 N–H and O–H groups in total. The van der Waals surface area contributed by atoms with E-state index in [9.17, 15) is 9.59 Å². The summed E-state index contributed by atoms with van der Waals surface area (Å²) >= 11 is 0. The summed E-state index contributed by atoms with van der Waals surface area (Å²) in [7, 11) is 5.05. The summed E-state index contributed by atoms with van der Waals surface area (Å²) in [4.78, 5) is 23.8. The molecular weight excluding hydrogens is 210 g/mol. The number of hydrogen-bond acceptors (Lipinski definition) is 5. The Morgan fingerprint density at radius 1 is 1.19 bits per heavy atom. The van der Waals surface area contributed by atoms with Crippen LogP contribution >= 0.6 is 0 Å². The van der Waals surface area contributed by atoms with Gasteiger partial charge in [0.05, 0.1) is 7.11 Å². The first-order valence-electron chi connectivity index (χ1n) is 4.90. The molecule has 0 fully saturated rings. The third kappa shape index (κ3) is 5.50. The Hall–Kier alpha value is -1.36. The van der Waals surface area contributed by atoms with Crippen molar-refractivity contribution in [2.24, 2.45) is 0 Å². The molecule has 0 aromatic carbocycles. The second-order valence-electron chi connectivity index (χ2n) is 4.17. The molecule has 0 spiro atoms. The van der Waals surface area contributed by atoms with Crippen LogP contribution in [0.5, 0.6) is 0 Å². The van der Waals surface area contributed by atoms with Crippen LogP contribution in [0, 0.1) is 0 Å². The van der Waals surface area contributed by atoms with Crippen LogP contribution in [-0.4, -0.2) is 50.2 Å². The number of hydrogen-bond donors (Lipinski definition) is 0. The van der Waals surface area contributed by atoms with Gasteiger partial charge in [0.1, 0.15) is 6.61 Å². The van der Waals surface area contributed by atoms with Gasteiger partial charge in [0.25, 0.3) is 0 Å². The Labute approximate surface area is 96.0 Å². The zero-order valence-electron chi connectivity index (χ0n) is 10.4. The van der Waals surface area contributed by atoms with Crippen molar-refractivity contribution >= 4 is 11.9 Å². The molecule has 0 aliphatic carbocycles. The predicted octanol–water partition coefficient (Wildman–Crippen LogP) is 0.599. The van der Waals surface area contributed by atoms with Gasteiger partial charge in [0.2, 0.25) is 0 Å². The fourth-order valence-electron chi connectivity index (χ4n) is 0.629. The first-order valence-corrected chi connectivity index (χ1v) is 4.90. The Morgan fingerprint density at radius 2 is 1.69 bits per heavy atom. The van der Waals surface area contributed by atoms with E-state index in [0.29, 0.717) is 0 Å². The molecule has 0 aliphatic heterocycles. The van der Waals surface area contributed by atoms with E-state index in [1.807, 2.05) is 32.8 Å². The zero-order valence-corrected chi connectivity index (χ0v) is 10.4. The Morgan fingerprint density at radius 3 is 2.12 bits per heavy atom. The molecule has 0 atom stereocenters. The smallest absolute Gasteiger partial charge is 0.331 e. The molecule has 5 nitrogen and oxygen atoms in total. The van der Waals surface area contributed by atoms with Crippen molar-refractivity contribution in [3.8, 4) is 0 Å². The van der Waals surface area contributed by atoms with E-state index in [0.717, 1.165) is 12.2 Å². The summed E-state index contributed by atoms with van der Waals surface area (Å²) in [5.41, 5.74) is -0.241. The lowest BCUT2D eigenvalue weighted by atomic mass is 10.1. The van der Waals surface area contributed by atoms with Gasteiger partial charge in [0, 0.05) is 17.7 Å². The maximum absolute atomic E-state index is 11.2. The molecule has 0 saturated heterocycles. The van der Waals surface area contributed by atoms with Crippen LogP contribution in [0.25, 0.3) is 0 Å². The molecule has 92 valence electrons. The summed E-state index contributed by atoms with van der Waals surface area (Å²) in [6.45, 7) is 4.15. The van der Waals surface area contributed by atoms with Gasteiger partial charge in [0.15, 0.2) is 0 Å². The summed E-state index contributed by atoms with van der Waals surface area (Å²) in [5, 5.41) is 0. The van der Waals surface area contributed by atoms with Crippen molar-refractivity contribution in [2.45, 2.75) is 19.4 Å². The van der Waals surface area contributed by atoms with Crippen LogP contribution in [0.2, 0.25) is 0 Å². The van der Waals surface area contributed by atoms with E-state index in [1.165, 1.54) is 7.11 Å². The normalized spacial score (nSPS) is 11.9. The standard InChI is InChI=1S/C11H19NO4/c1-11(2,12(3)4)8-16-10(14)7-6-9(13)15-5/h6-7H,8H2,1-5H3/b7-6+. The monoisotopic (exact) mass is 229 g/mol. The lowest BCUT2D eigenvalue weighted by molar-refractivity contribution is -0.142. The molecule has 16 heavy (non-hydrogen) atoms. The van der Waals surface area contributed by atoms with Crippen molar-refractivity contribution < 1.29 is 19.1 Å². The van der Waals surface area contributed by atoms with E-state index >= 15 is 0 Å². The molecule has 0 radical (unpaired) electrons. The van der Waals surface area contributed by atoms with Gasteiger partial charge in [-0.2, -0.15) is 0 Å². The number of carbonyl (C=O) groups is 2. The second kappa shape index (κ2) is 6.27. The van der Waals surface area contributed by atoms with Crippen LogP contribution in [-0.2, 0) is 19.1 Å². The van der Waals surface area contributed by atoms with Crippen LogP contribution in [0.3, 0.4) is 0 Å². The van der Waals surface area contributed by atoms with E-state index in [2.05, 4.69) is 4.74 Å². The number of ether oxygens (including phenoxy) is 2. The third-order valence-corrected chi connectivity index (χ3v) is 2.33. The Bertz CT molecular complexity index is 282. The average molecular weight is 229 g/mol. The highest BCUT2D eigenvalue weighted by Gasteiger charge is 2.21. The van der Waals surface area contributed by atoms with Crippen molar-refractivity contribution in [1.82, 2.24) is 4.90 Å². The van der Waals surface area contributed by atoms with Gasteiger partial charge in [-0.3, -0.25) is 0 Å². The fraction of sp³-hybridized carbons (Fsp3) is 0.636. The average Bonchev–Trinajstić information content (AvgIpc) is 2.22. The number of esters is 2. The number of likely N-dealkylation sites (N-methyl/N-ethyl adjacent to an activating group) is 1. The highest BCUT2D eigenvalue weighted by atomic mass is 16.5. The molecule has 0 amide bonds. The molecular formula is C11H19NO4. The molecule has 0 bridgehead atoms. The first kappa shape index (κ1) is 14.6. The molecule has 0 unspecified atom stereocenters. The van der Waals surface area contributed by atoms with Gasteiger partial charge in [-0.25, -0.2) is 9.59 Å². The Kier molecular flexibility index (Phi) is 5.74. The number of nitrogens with zero attached hydrogens (tertiary/aromatic N) is 1. The van der Waals surface area contributed by atoms with Crippen LogP contribution in [0.15, 0.2) is 12.2 Å². The van der Waals surface area contributed by atoms with Crippen LogP contribution in [0.1, 0.15) is 13.8 Å². The topological polar surface area (TPSA) is 55.8 Å². The van der Waals surface area contributed by atoms with Crippen molar-refractivity contribution in [3.05, 3.63) is 12.2 Å². The first-order chi connectivity index (χ1) is 7.29. The Balaban J connectivity index is 4.09. The van der Waals surface area contributed by atoms with E-state index in [4.69, 9.17) is 4.74 Å². The summed E-state index contributed by atoms with van der Waals surface area (Å²) in [6.07, 6.45) is 2.09. The third-order valence-electron chi connectivity index (χ3n) is 2.33. The summed E-state index contributed by atoms with van der Waals surface area (Å²) in [6, 6.07) is 0. The SMILES string of the molecule is COC(=O)/C=C/C(=O)OCC(C)(C)N(C)C. The highest BCUT2D eigenvalue weighted by molar-refractivity contribution is 5.91. The van der Waals surface area contributed by atoms with Gasteiger partial charge in [-0.15, -0.1) is 0 Å². The van der Waals surface area contributed by atoms with E-state index in [-0.39, 0.29) is 12.1 Å². The summed E-state index contributed by atoms with van der Waals surface area (Å²) < 4.78 is 9.33. The van der Waals surface area contributed by atoms with Crippen molar-refractivity contribution in [3.63, 3.8) is 0 Å².